The Hall–Kier alpha value is -4.40. The number of aromatic nitrogens is 1. The number of fused-ring (bicyclic) bond motifs is 1. The molecule has 0 saturated heterocycles. The highest BCUT2D eigenvalue weighted by molar-refractivity contribution is 6.07. The average molecular weight is 494 g/mol. The van der Waals surface area contributed by atoms with E-state index in [1.165, 1.54) is 26.5 Å². The minimum absolute atomic E-state index is 0.00260. The van der Waals surface area contributed by atoms with Crippen LogP contribution in [0.15, 0.2) is 65.6 Å². The minimum atomic E-state index is -0.831. The summed E-state index contributed by atoms with van der Waals surface area (Å²) in [5, 5.41) is 0.204. The van der Waals surface area contributed by atoms with Gasteiger partial charge >= 0.3 is 0 Å². The highest BCUT2D eigenvalue weighted by atomic mass is 19.1. The standard InChI is InChI=1S/C27H24F2N2O5/c1-5-30(19-11-16(28)10-17(29)12-19)27(33)22-15-31(18-6-8-20(34-2)9-7-18)23-14-25(36-4)24(35-3)13-21(23)26(22)32/h6-15H,5H2,1-4H3. The van der Waals surface area contributed by atoms with Crippen LogP contribution in [0.1, 0.15) is 17.3 Å². The first-order valence-electron chi connectivity index (χ1n) is 11.0. The molecule has 1 amide bonds. The molecule has 0 aliphatic rings. The summed E-state index contributed by atoms with van der Waals surface area (Å²) < 4.78 is 45.5. The van der Waals surface area contributed by atoms with Gasteiger partial charge in [0.25, 0.3) is 5.91 Å². The van der Waals surface area contributed by atoms with Crippen LogP contribution in [0.5, 0.6) is 17.2 Å². The third-order valence-corrected chi connectivity index (χ3v) is 5.81. The Morgan fingerprint density at radius 3 is 2.06 bits per heavy atom. The van der Waals surface area contributed by atoms with E-state index in [2.05, 4.69) is 0 Å². The number of hydrogen-bond donors (Lipinski definition) is 0. The predicted octanol–water partition coefficient (Wildman–Crippen LogP) is 4.96. The van der Waals surface area contributed by atoms with Crippen LogP contribution in [-0.2, 0) is 0 Å². The Labute approximate surface area is 206 Å². The van der Waals surface area contributed by atoms with Crippen LogP contribution < -0.4 is 24.5 Å². The second-order valence-corrected chi connectivity index (χ2v) is 7.84. The van der Waals surface area contributed by atoms with Gasteiger partial charge < -0.3 is 23.7 Å². The Balaban J connectivity index is 1.99. The topological polar surface area (TPSA) is 70.0 Å². The predicted molar refractivity (Wildman–Crippen MR) is 133 cm³/mol. The summed E-state index contributed by atoms with van der Waals surface area (Å²) >= 11 is 0. The zero-order valence-corrected chi connectivity index (χ0v) is 20.2. The lowest BCUT2D eigenvalue weighted by atomic mass is 10.1. The van der Waals surface area contributed by atoms with Crippen LogP contribution >= 0.6 is 0 Å². The van der Waals surface area contributed by atoms with Crippen molar-refractivity contribution in [2.75, 3.05) is 32.8 Å². The van der Waals surface area contributed by atoms with E-state index >= 15 is 0 Å². The van der Waals surface area contributed by atoms with Gasteiger partial charge in [0, 0.05) is 36.2 Å². The lowest BCUT2D eigenvalue weighted by molar-refractivity contribution is 0.0987. The number of carbonyl (C=O) groups is 1. The summed E-state index contributed by atoms with van der Waals surface area (Å²) in [5.74, 6) is -1.02. The van der Waals surface area contributed by atoms with Gasteiger partial charge in [-0.15, -0.1) is 0 Å². The first-order valence-corrected chi connectivity index (χ1v) is 11.0. The Morgan fingerprint density at radius 2 is 1.50 bits per heavy atom. The number of hydrogen-bond acceptors (Lipinski definition) is 5. The van der Waals surface area contributed by atoms with Crippen molar-refractivity contribution in [2.45, 2.75) is 6.92 Å². The number of halogens is 2. The van der Waals surface area contributed by atoms with Crippen molar-refractivity contribution in [3.8, 4) is 22.9 Å². The van der Waals surface area contributed by atoms with Crippen molar-refractivity contribution >= 4 is 22.5 Å². The Morgan fingerprint density at radius 1 is 0.889 bits per heavy atom. The molecule has 0 N–H and O–H groups in total. The zero-order chi connectivity index (χ0) is 26.0. The molecule has 9 heteroatoms. The van der Waals surface area contributed by atoms with Crippen molar-refractivity contribution in [1.29, 1.82) is 0 Å². The molecule has 0 fully saturated rings. The quantitative estimate of drug-likeness (QED) is 0.363. The average Bonchev–Trinajstić information content (AvgIpc) is 2.88. The van der Waals surface area contributed by atoms with Gasteiger partial charge in [0.05, 0.1) is 32.2 Å². The number of nitrogens with zero attached hydrogens (tertiary/aromatic N) is 2. The Bertz CT molecular complexity index is 1480. The molecule has 0 saturated carbocycles. The molecule has 0 aliphatic heterocycles. The number of methoxy groups -OCH3 is 3. The maximum absolute atomic E-state index is 13.9. The lowest BCUT2D eigenvalue weighted by Crippen LogP contribution is -2.35. The van der Waals surface area contributed by atoms with Crippen LogP contribution in [0.2, 0.25) is 0 Å². The van der Waals surface area contributed by atoms with E-state index in [1.807, 2.05) is 0 Å². The third kappa shape index (κ3) is 4.47. The monoisotopic (exact) mass is 494 g/mol. The molecule has 0 atom stereocenters. The molecule has 4 aromatic rings. The van der Waals surface area contributed by atoms with Gasteiger partial charge in [-0.05, 0) is 49.4 Å². The van der Waals surface area contributed by atoms with Crippen LogP contribution in [0.3, 0.4) is 0 Å². The molecule has 1 aromatic heterocycles. The largest absolute Gasteiger partial charge is 0.497 e. The molecule has 3 aromatic carbocycles. The number of rotatable bonds is 7. The summed E-state index contributed by atoms with van der Waals surface area (Å²) in [4.78, 5) is 28.3. The second kappa shape index (κ2) is 10.1. The fraction of sp³-hybridized carbons (Fsp3) is 0.185. The summed E-state index contributed by atoms with van der Waals surface area (Å²) in [6, 6.07) is 13.0. The van der Waals surface area contributed by atoms with E-state index < -0.39 is 23.0 Å². The minimum Gasteiger partial charge on any atom is -0.497 e. The number of amides is 1. The molecule has 0 unspecified atom stereocenters. The van der Waals surface area contributed by atoms with Gasteiger partial charge in [0.2, 0.25) is 5.43 Å². The second-order valence-electron chi connectivity index (χ2n) is 7.84. The number of benzene rings is 3. The van der Waals surface area contributed by atoms with Gasteiger partial charge in [-0.1, -0.05) is 0 Å². The zero-order valence-electron chi connectivity index (χ0n) is 20.2. The molecule has 1 heterocycles. The van der Waals surface area contributed by atoms with E-state index in [1.54, 1.807) is 48.9 Å². The maximum atomic E-state index is 13.9. The summed E-state index contributed by atoms with van der Waals surface area (Å²) in [5.41, 5.74) is 0.372. The molecule has 0 aliphatic carbocycles. The summed E-state index contributed by atoms with van der Waals surface area (Å²) in [7, 11) is 4.47. The van der Waals surface area contributed by atoms with E-state index in [0.29, 0.717) is 34.5 Å². The van der Waals surface area contributed by atoms with Gasteiger partial charge in [-0.2, -0.15) is 0 Å². The molecule has 0 bridgehead atoms. The Kier molecular flexibility index (Phi) is 6.91. The van der Waals surface area contributed by atoms with Crippen molar-refractivity contribution < 1.29 is 27.8 Å². The fourth-order valence-electron chi connectivity index (χ4n) is 4.04. The molecule has 0 spiro atoms. The lowest BCUT2D eigenvalue weighted by Gasteiger charge is -2.22. The number of ether oxygens (including phenoxy) is 3. The van der Waals surface area contributed by atoms with E-state index in [0.717, 1.165) is 17.0 Å². The van der Waals surface area contributed by atoms with Crippen LogP contribution in [0.4, 0.5) is 14.5 Å². The molecule has 4 rings (SSSR count). The van der Waals surface area contributed by atoms with E-state index in [-0.39, 0.29) is 23.2 Å². The molecule has 36 heavy (non-hydrogen) atoms. The van der Waals surface area contributed by atoms with Crippen LogP contribution in [0, 0.1) is 11.6 Å². The summed E-state index contributed by atoms with van der Waals surface area (Å²) in [6.45, 7) is 1.73. The third-order valence-electron chi connectivity index (χ3n) is 5.81. The van der Waals surface area contributed by atoms with Crippen molar-refractivity contribution in [3.63, 3.8) is 0 Å². The molecular formula is C27H24F2N2O5. The SMILES string of the molecule is CCN(C(=O)c1cn(-c2ccc(OC)cc2)c2cc(OC)c(OC)cc2c1=O)c1cc(F)cc(F)c1. The first kappa shape index (κ1) is 24.7. The molecular weight excluding hydrogens is 470 g/mol. The summed E-state index contributed by atoms with van der Waals surface area (Å²) in [6.07, 6.45) is 1.42. The number of carbonyl (C=O) groups excluding carboxylic acids is 1. The van der Waals surface area contributed by atoms with Crippen molar-refractivity contribution in [2.24, 2.45) is 0 Å². The van der Waals surface area contributed by atoms with E-state index in [4.69, 9.17) is 14.2 Å². The molecule has 0 radical (unpaired) electrons. The fourth-order valence-corrected chi connectivity index (χ4v) is 4.04. The van der Waals surface area contributed by atoms with Gasteiger partial charge in [0.1, 0.15) is 22.9 Å². The van der Waals surface area contributed by atoms with Crippen LogP contribution in [-0.4, -0.2) is 38.3 Å². The highest BCUT2D eigenvalue weighted by Crippen LogP contribution is 2.33. The highest BCUT2D eigenvalue weighted by Gasteiger charge is 2.24. The van der Waals surface area contributed by atoms with E-state index in [9.17, 15) is 18.4 Å². The normalized spacial score (nSPS) is 10.8. The van der Waals surface area contributed by atoms with Gasteiger partial charge in [-0.3, -0.25) is 9.59 Å². The number of anilines is 1. The van der Waals surface area contributed by atoms with Crippen molar-refractivity contribution in [1.82, 2.24) is 4.57 Å². The van der Waals surface area contributed by atoms with Gasteiger partial charge in [-0.25, -0.2) is 8.78 Å². The molecule has 186 valence electrons. The van der Waals surface area contributed by atoms with Gasteiger partial charge in [0.15, 0.2) is 11.5 Å². The maximum Gasteiger partial charge on any atom is 0.263 e. The van der Waals surface area contributed by atoms with Crippen molar-refractivity contribution in [3.05, 3.63) is 88.2 Å². The molecule has 7 nitrogen and oxygen atoms in total. The van der Waals surface area contributed by atoms with Crippen LogP contribution in [0.25, 0.3) is 16.6 Å². The smallest absolute Gasteiger partial charge is 0.263 e. The number of pyridine rings is 1. The first-order chi connectivity index (χ1) is 17.3.